The zero-order valence-corrected chi connectivity index (χ0v) is 8.77. The molecule has 1 unspecified atom stereocenters. The summed E-state index contributed by atoms with van der Waals surface area (Å²) < 4.78 is 16.8. The summed E-state index contributed by atoms with van der Waals surface area (Å²) in [5.74, 6) is -1.41. The van der Waals surface area contributed by atoms with Crippen molar-refractivity contribution in [1.29, 1.82) is 0 Å². The van der Waals surface area contributed by atoms with E-state index in [0.717, 1.165) is 0 Å². The van der Waals surface area contributed by atoms with Gasteiger partial charge in [0.15, 0.2) is 0 Å². The van der Waals surface area contributed by atoms with E-state index in [1.165, 1.54) is 7.11 Å². The number of carbonyl (C=O) groups excluding carboxylic acids is 1. The summed E-state index contributed by atoms with van der Waals surface area (Å²) in [7, 11) is 1.21. The molecule has 0 aliphatic heterocycles. The molecule has 0 rings (SSSR count). The molecule has 0 aromatic heterocycles. The van der Waals surface area contributed by atoms with Crippen molar-refractivity contribution in [3.05, 3.63) is 11.1 Å². The molecule has 76 valence electrons. The van der Waals surface area contributed by atoms with E-state index in [2.05, 4.69) is 4.74 Å². The smallest absolute Gasteiger partial charge is 0.316 e. The van der Waals surface area contributed by atoms with Gasteiger partial charge in [-0.2, -0.15) is 0 Å². The minimum absolute atomic E-state index is 0.186. The average Bonchev–Trinajstić information content (AvgIpc) is 2.03. The van der Waals surface area contributed by atoms with Crippen LogP contribution in [0.4, 0.5) is 4.39 Å². The van der Waals surface area contributed by atoms with E-state index in [-0.39, 0.29) is 11.0 Å². The third kappa shape index (κ3) is 4.27. The Hall–Kier alpha value is -0.570. The molecule has 2 nitrogen and oxygen atoms in total. The van der Waals surface area contributed by atoms with Crippen molar-refractivity contribution in [3.63, 3.8) is 0 Å². The lowest BCUT2D eigenvalue weighted by atomic mass is 10.1. The summed E-state index contributed by atoms with van der Waals surface area (Å²) in [4.78, 5) is 11.0. The Bertz CT molecular complexity index is 202. The molecule has 0 aromatic carbocycles. The van der Waals surface area contributed by atoms with Gasteiger partial charge in [-0.1, -0.05) is 31.5 Å². The highest BCUT2D eigenvalue weighted by Crippen LogP contribution is 2.19. The molecule has 0 aliphatic carbocycles. The second kappa shape index (κ2) is 5.97. The van der Waals surface area contributed by atoms with Crippen molar-refractivity contribution >= 4 is 17.6 Å². The van der Waals surface area contributed by atoms with Crippen molar-refractivity contribution in [2.24, 2.45) is 11.8 Å². The first kappa shape index (κ1) is 12.4. The van der Waals surface area contributed by atoms with E-state index < -0.39 is 18.6 Å². The van der Waals surface area contributed by atoms with Crippen molar-refractivity contribution in [2.75, 3.05) is 13.8 Å². The number of carbonyl (C=O) groups is 1. The maximum absolute atomic E-state index is 12.4. The van der Waals surface area contributed by atoms with Crippen LogP contribution in [-0.2, 0) is 9.53 Å². The van der Waals surface area contributed by atoms with Gasteiger partial charge in [-0.05, 0) is 5.92 Å². The molecule has 0 bridgehead atoms. The summed E-state index contributed by atoms with van der Waals surface area (Å²) >= 11 is 5.74. The topological polar surface area (TPSA) is 26.3 Å². The number of alkyl halides is 1. The summed E-state index contributed by atoms with van der Waals surface area (Å²) in [6.07, 6.45) is 1.64. The maximum Gasteiger partial charge on any atom is 0.316 e. The minimum atomic E-state index is -0.964. The van der Waals surface area contributed by atoms with Crippen LogP contribution in [0.2, 0.25) is 0 Å². The normalized spacial score (nSPS) is 14.5. The monoisotopic (exact) mass is 208 g/mol. The molecule has 0 spiro atoms. The van der Waals surface area contributed by atoms with E-state index in [1.807, 2.05) is 13.8 Å². The van der Waals surface area contributed by atoms with Crippen LogP contribution in [0.1, 0.15) is 13.8 Å². The van der Waals surface area contributed by atoms with E-state index in [9.17, 15) is 9.18 Å². The largest absolute Gasteiger partial charge is 0.468 e. The van der Waals surface area contributed by atoms with Crippen molar-refractivity contribution in [3.8, 4) is 0 Å². The van der Waals surface area contributed by atoms with E-state index in [4.69, 9.17) is 11.6 Å². The standard InChI is InChI=1S/C9H14ClFO2/c1-6(2)4-8(10)7(5-11)9(12)13-3/h4,6-7H,5H2,1-3H3/b8-4+. The first-order chi connectivity index (χ1) is 6.02. The summed E-state index contributed by atoms with van der Waals surface area (Å²) in [6, 6.07) is 0. The molecule has 0 saturated carbocycles. The number of allylic oxidation sites excluding steroid dienone is 1. The Labute approximate surface area is 82.7 Å². The van der Waals surface area contributed by atoms with Crippen molar-refractivity contribution in [1.82, 2.24) is 0 Å². The van der Waals surface area contributed by atoms with Gasteiger partial charge in [-0.15, -0.1) is 0 Å². The Kier molecular flexibility index (Phi) is 5.71. The minimum Gasteiger partial charge on any atom is -0.468 e. The van der Waals surface area contributed by atoms with Crippen molar-refractivity contribution in [2.45, 2.75) is 13.8 Å². The van der Waals surface area contributed by atoms with Crippen LogP contribution >= 0.6 is 11.6 Å². The number of rotatable bonds is 4. The van der Waals surface area contributed by atoms with Gasteiger partial charge in [0.05, 0.1) is 7.11 Å². The van der Waals surface area contributed by atoms with Gasteiger partial charge in [-0.3, -0.25) is 4.79 Å². The highest BCUT2D eigenvalue weighted by molar-refractivity contribution is 6.31. The van der Waals surface area contributed by atoms with E-state index in [1.54, 1.807) is 6.08 Å². The molecular weight excluding hydrogens is 195 g/mol. The fourth-order valence-electron chi connectivity index (χ4n) is 0.826. The second-order valence-corrected chi connectivity index (χ2v) is 3.46. The van der Waals surface area contributed by atoms with Crippen LogP contribution in [0.25, 0.3) is 0 Å². The van der Waals surface area contributed by atoms with Crippen LogP contribution in [0.3, 0.4) is 0 Å². The number of esters is 1. The molecule has 0 aliphatic rings. The lowest BCUT2D eigenvalue weighted by molar-refractivity contribution is -0.144. The van der Waals surface area contributed by atoms with E-state index >= 15 is 0 Å². The second-order valence-electron chi connectivity index (χ2n) is 3.03. The Morgan fingerprint density at radius 3 is 2.46 bits per heavy atom. The van der Waals surface area contributed by atoms with Gasteiger partial charge < -0.3 is 4.74 Å². The molecule has 13 heavy (non-hydrogen) atoms. The first-order valence-electron chi connectivity index (χ1n) is 4.04. The lowest BCUT2D eigenvalue weighted by Crippen LogP contribution is -2.18. The molecule has 0 saturated heterocycles. The Balaban J connectivity index is 4.48. The summed E-state index contributed by atoms with van der Waals surface area (Å²) in [5, 5.41) is 0.212. The quantitative estimate of drug-likeness (QED) is 0.664. The zero-order chi connectivity index (χ0) is 10.4. The lowest BCUT2D eigenvalue weighted by Gasteiger charge is -2.10. The molecule has 4 heteroatoms. The highest BCUT2D eigenvalue weighted by atomic mass is 35.5. The van der Waals surface area contributed by atoms with Crippen LogP contribution in [0.5, 0.6) is 0 Å². The summed E-state index contributed by atoms with van der Waals surface area (Å²) in [5.41, 5.74) is 0. The third-order valence-electron chi connectivity index (χ3n) is 1.47. The molecule has 0 fully saturated rings. The Morgan fingerprint density at radius 2 is 2.15 bits per heavy atom. The molecule has 0 heterocycles. The summed E-state index contributed by atoms with van der Waals surface area (Å²) in [6.45, 7) is 2.97. The molecule has 0 radical (unpaired) electrons. The highest BCUT2D eigenvalue weighted by Gasteiger charge is 2.22. The number of hydrogen-bond donors (Lipinski definition) is 0. The van der Waals surface area contributed by atoms with Crippen LogP contribution < -0.4 is 0 Å². The fraction of sp³-hybridized carbons (Fsp3) is 0.667. The number of halogens is 2. The van der Waals surface area contributed by atoms with Crippen LogP contribution in [-0.4, -0.2) is 19.8 Å². The van der Waals surface area contributed by atoms with Crippen molar-refractivity contribution < 1.29 is 13.9 Å². The molecule has 0 N–H and O–H groups in total. The van der Waals surface area contributed by atoms with Gasteiger partial charge in [0.2, 0.25) is 0 Å². The first-order valence-corrected chi connectivity index (χ1v) is 4.41. The average molecular weight is 209 g/mol. The van der Waals surface area contributed by atoms with Gasteiger partial charge in [-0.25, -0.2) is 4.39 Å². The molecular formula is C9H14ClFO2. The van der Waals surface area contributed by atoms with Gasteiger partial charge >= 0.3 is 5.97 Å². The van der Waals surface area contributed by atoms with Gasteiger partial charge in [0.1, 0.15) is 12.6 Å². The van der Waals surface area contributed by atoms with Gasteiger partial charge in [0, 0.05) is 5.03 Å². The number of methoxy groups -OCH3 is 1. The predicted octanol–water partition coefficient (Wildman–Crippen LogP) is 2.52. The van der Waals surface area contributed by atoms with E-state index in [0.29, 0.717) is 0 Å². The molecule has 1 atom stereocenters. The maximum atomic E-state index is 12.4. The third-order valence-corrected chi connectivity index (χ3v) is 1.85. The number of hydrogen-bond acceptors (Lipinski definition) is 2. The molecule has 0 amide bonds. The zero-order valence-electron chi connectivity index (χ0n) is 8.01. The Morgan fingerprint density at radius 1 is 1.62 bits per heavy atom. The van der Waals surface area contributed by atoms with Gasteiger partial charge in [0.25, 0.3) is 0 Å². The van der Waals surface area contributed by atoms with Crippen LogP contribution in [0, 0.1) is 11.8 Å². The van der Waals surface area contributed by atoms with Crippen LogP contribution in [0.15, 0.2) is 11.1 Å². The number of ether oxygens (including phenoxy) is 1. The SMILES string of the molecule is COC(=O)C(CF)/C(Cl)=C\C(C)C. The molecule has 0 aromatic rings. The fourth-order valence-corrected chi connectivity index (χ4v) is 1.23. The predicted molar refractivity (Wildman–Crippen MR) is 50.3 cm³/mol.